The third kappa shape index (κ3) is 2.28. The quantitative estimate of drug-likeness (QED) is 0.742. The number of imidazole rings is 1. The second-order valence-electron chi connectivity index (χ2n) is 5.83. The third-order valence-corrected chi connectivity index (χ3v) is 4.73. The second kappa shape index (κ2) is 5.61. The zero-order valence-corrected chi connectivity index (χ0v) is 13.3. The standard InChI is InChI=1S/C16H14ClN3O4/c17-10-6-12-11(5-9(10)16(22)23)19-15(21)13-7-18-14(20(12)13)8-1-3-24-4-2-8/h5-8H,1-4H2,(H,19,21)(H,22,23). The number of aromatic nitrogens is 3. The van der Waals surface area contributed by atoms with Crippen molar-refractivity contribution in [3.05, 3.63) is 45.1 Å². The van der Waals surface area contributed by atoms with Gasteiger partial charge in [-0.2, -0.15) is 0 Å². The largest absolute Gasteiger partial charge is 0.478 e. The monoisotopic (exact) mass is 347 g/mol. The first kappa shape index (κ1) is 15.2. The molecule has 0 unspecified atom stereocenters. The van der Waals surface area contributed by atoms with E-state index in [0.29, 0.717) is 29.8 Å². The molecule has 0 atom stereocenters. The molecule has 0 saturated carbocycles. The Morgan fingerprint density at radius 2 is 2.08 bits per heavy atom. The molecule has 3 aromatic rings. The van der Waals surface area contributed by atoms with Gasteiger partial charge in [0, 0.05) is 19.1 Å². The van der Waals surface area contributed by atoms with Crippen LogP contribution in [0.2, 0.25) is 5.02 Å². The smallest absolute Gasteiger partial charge is 0.337 e. The minimum Gasteiger partial charge on any atom is -0.478 e. The van der Waals surface area contributed by atoms with Gasteiger partial charge in [-0.05, 0) is 25.0 Å². The highest BCUT2D eigenvalue weighted by Gasteiger charge is 2.23. The lowest BCUT2D eigenvalue weighted by Crippen LogP contribution is -2.18. The molecule has 1 fully saturated rings. The number of aromatic amines is 1. The van der Waals surface area contributed by atoms with Gasteiger partial charge in [0.15, 0.2) is 0 Å². The first-order valence-corrected chi connectivity index (χ1v) is 7.98. The number of nitrogens with zero attached hydrogens (tertiary/aromatic N) is 2. The zero-order chi connectivity index (χ0) is 16.8. The molecule has 124 valence electrons. The predicted molar refractivity (Wildman–Crippen MR) is 88.1 cm³/mol. The summed E-state index contributed by atoms with van der Waals surface area (Å²) in [4.78, 5) is 30.8. The maximum absolute atomic E-state index is 12.3. The summed E-state index contributed by atoms with van der Waals surface area (Å²) in [7, 11) is 0. The molecule has 7 nitrogen and oxygen atoms in total. The summed E-state index contributed by atoms with van der Waals surface area (Å²) in [5.41, 5.74) is 1.11. The summed E-state index contributed by atoms with van der Waals surface area (Å²) in [6.45, 7) is 1.31. The molecule has 0 amide bonds. The number of nitrogens with one attached hydrogen (secondary N) is 1. The summed E-state index contributed by atoms with van der Waals surface area (Å²) < 4.78 is 7.17. The normalized spacial score (nSPS) is 16.0. The summed E-state index contributed by atoms with van der Waals surface area (Å²) in [6.07, 6.45) is 3.20. The van der Waals surface area contributed by atoms with Crippen molar-refractivity contribution in [1.82, 2.24) is 14.4 Å². The number of fused-ring (bicyclic) bond motifs is 3. The van der Waals surface area contributed by atoms with Crippen molar-refractivity contribution in [2.75, 3.05) is 13.2 Å². The van der Waals surface area contributed by atoms with Gasteiger partial charge in [-0.15, -0.1) is 0 Å². The molecule has 1 aliphatic heterocycles. The fraction of sp³-hybridized carbons (Fsp3) is 0.312. The number of hydrogen-bond donors (Lipinski definition) is 2. The van der Waals surface area contributed by atoms with Gasteiger partial charge in [0.25, 0.3) is 5.56 Å². The third-order valence-electron chi connectivity index (χ3n) is 4.41. The number of carbonyl (C=O) groups is 1. The van der Waals surface area contributed by atoms with Crippen LogP contribution in [0.5, 0.6) is 0 Å². The van der Waals surface area contributed by atoms with Crippen molar-refractivity contribution < 1.29 is 14.6 Å². The van der Waals surface area contributed by atoms with Gasteiger partial charge >= 0.3 is 5.97 Å². The summed E-state index contributed by atoms with van der Waals surface area (Å²) in [6, 6.07) is 2.95. The van der Waals surface area contributed by atoms with Crippen molar-refractivity contribution >= 4 is 34.1 Å². The number of aromatic carboxylic acids is 1. The van der Waals surface area contributed by atoms with Crippen molar-refractivity contribution in [3.8, 4) is 0 Å². The van der Waals surface area contributed by atoms with Gasteiger partial charge in [-0.1, -0.05) is 11.6 Å². The lowest BCUT2D eigenvalue weighted by Gasteiger charge is -2.21. The highest BCUT2D eigenvalue weighted by molar-refractivity contribution is 6.34. The maximum atomic E-state index is 12.3. The summed E-state index contributed by atoms with van der Waals surface area (Å²) in [5, 5.41) is 9.34. The minimum atomic E-state index is -1.14. The Morgan fingerprint density at radius 1 is 1.33 bits per heavy atom. The van der Waals surface area contributed by atoms with Crippen LogP contribution in [0.25, 0.3) is 16.6 Å². The van der Waals surface area contributed by atoms with Crippen LogP contribution >= 0.6 is 11.6 Å². The molecule has 0 aliphatic carbocycles. The number of carboxylic acids is 1. The Bertz CT molecular complexity index is 1020. The fourth-order valence-electron chi connectivity index (χ4n) is 3.22. The van der Waals surface area contributed by atoms with Crippen LogP contribution < -0.4 is 5.56 Å². The van der Waals surface area contributed by atoms with Crippen LogP contribution in [-0.2, 0) is 4.74 Å². The number of rotatable bonds is 2. The van der Waals surface area contributed by atoms with E-state index in [1.165, 1.54) is 6.07 Å². The van der Waals surface area contributed by atoms with E-state index in [2.05, 4.69) is 9.97 Å². The van der Waals surface area contributed by atoms with E-state index in [-0.39, 0.29) is 22.1 Å². The van der Waals surface area contributed by atoms with Crippen molar-refractivity contribution in [2.45, 2.75) is 18.8 Å². The molecule has 1 aliphatic rings. The number of benzene rings is 1. The van der Waals surface area contributed by atoms with E-state index in [1.807, 2.05) is 0 Å². The molecule has 4 rings (SSSR count). The zero-order valence-electron chi connectivity index (χ0n) is 12.6. The molecule has 1 saturated heterocycles. The topological polar surface area (TPSA) is 96.7 Å². The van der Waals surface area contributed by atoms with E-state index in [4.69, 9.17) is 16.3 Å². The van der Waals surface area contributed by atoms with Gasteiger partial charge < -0.3 is 14.8 Å². The molecular formula is C16H14ClN3O4. The van der Waals surface area contributed by atoms with Crippen LogP contribution in [0, 0.1) is 0 Å². The molecule has 0 radical (unpaired) electrons. The van der Waals surface area contributed by atoms with Crippen LogP contribution in [-0.4, -0.2) is 38.7 Å². The van der Waals surface area contributed by atoms with Crippen LogP contribution in [0.3, 0.4) is 0 Å². The maximum Gasteiger partial charge on any atom is 0.337 e. The van der Waals surface area contributed by atoms with Gasteiger partial charge in [-0.3, -0.25) is 9.20 Å². The summed E-state index contributed by atoms with van der Waals surface area (Å²) in [5.74, 6) is -0.175. The lowest BCUT2D eigenvalue weighted by molar-refractivity contribution is 0.0697. The van der Waals surface area contributed by atoms with E-state index in [0.717, 1.165) is 18.7 Å². The van der Waals surface area contributed by atoms with Crippen LogP contribution in [0.15, 0.2) is 23.1 Å². The van der Waals surface area contributed by atoms with Gasteiger partial charge in [0.1, 0.15) is 11.3 Å². The first-order valence-electron chi connectivity index (χ1n) is 7.60. The van der Waals surface area contributed by atoms with E-state index >= 15 is 0 Å². The Kier molecular flexibility index (Phi) is 3.54. The SMILES string of the molecule is O=C(O)c1cc2[nH]c(=O)c3cnc(C4CCOCC4)n3c2cc1Cl. The summed E-state index contributed by atoms with van der Waals surface area (Å²) >= 11 is 6.12. The first-order chi connectivity index (χ1) is 11.6. The van der Waals surface area contributed by atoms with Crippen LogP contribution in [0.4, 0.5) is 0 Å². The highest BCUT2D eigenvalue weighted by atomic mass is 35.5. The Labute approximate surface area is 140 Å². The van der Waals surface area contributed by atoms with E-state index in [1.54, 1.807) is 16.7 Å². The Balaban J connectivity index is 2.04. The van der Waals surface area contributed by atoms with Gasteiger partial charge in [0.2, 0.25) is 0 Å². The minimum absolute atomic E-state index is 0.0492. The molecule has 2 aromatic heterocycles. The Morgan fingerprint density at radius 3 is 2.79 bits per heavy atom. The number of carboxylic acid groups (broad SMARTS) is 1. The number of ether oxygens (including phenoxy) is 1. The predicted octanol–water partition coefficient (Wildman–Crippen LogP) is 2.42. The molecule has 24 heavy (non-hydrogen) atoms. The fourth-order valence-corrected chi connectivity index (χ4v) is 3.46. The molecule has 8 heteroatoms. The second-order valence-corrected chi connectivity index (χ2v) is 6.24. The van der Waals surface area contributed by atoms with Crippen molar-refractivity contribution in [3.63, 3.8) is 0 Å². The van der Waals surface area contributed by atoms with Crippen molar-refractivity contribution in [2.24, 2.45) is 0 Å². The number of halogens is 1. The molecule has 3 heterocycles. The number of hydrogen-bond acceptors (Lipinski definition) is 4. The van der Waals surface area contributed by atoms with Gasteiger partial charge in [0.05, 0.1) is 27.8 Å². The molecule has 2 N–H and O–H groups in total. The lowest BCUT2D eigenvalue weighted by atomic mass is 9.99. The van der Waals surface area contributed by atoms with Crippen molar-refractivity contribution in [1.29, 1.82) is 0 Å². The van der Waals surface area contributed by atoms with E-state index in [9.17, 15) is 14.7 Å². The average molecular weight is 348 g/mol. The molecule has 0 bridgehead atoms. The molecule has 1 aromatic carbocycles. The van der Waals surface area contributed by atoms with Crippen LogP contribution in [0.1, 0.15) is 34.9 Å². The molecular weight excluding hydrogens is 334 g/mol. The highest BCUT2D eigenvalue weighted by Crippen LogP contribution is 2.29. The van der Waals surface area contributed by atoms with E-state index < -0.39 is 5.97 Å². The Hall–Kier alpha value is -2.38. The molecule has 0 spiro atoms. The van der Waals surface area contributed by atoms with Gasteiger partial charge in [-0.25, -0.2) is 9.78 Å². The average Bonchev–Trinajstić information content (AvgIpc) is 3.02. The number of H-pyrrole nitrogens is 1.